The first-order valence-electron chi connectivity index (χ1n) is 5.32. The maximum atomic E-state index is 10.9. The highest BCUT2D eigenvalue weighted by Crippen LogP contribution is 2.31. The Balaban J connectivity index is 2.41. The van der Waals surface area contributed by atoms with E-state index in [1.807, 2.05) is 18.9 Å². The largest absolute Gasteiger partial charge is 0.359 e. The molecule has 0 N–H and O–H groups in total. The lowest BCUT2D eigenvalue weighted by Gasteiger charge is -2.13. The molecular formula is C10H11N5O2. The molecule has 0 saturated heterocycles. The van der Waals surface area contributed by atoms with E-state index in [9.17, 15) is 10.1 Å². The smallest absolute Gasteiger partial charge is 0.333 e. The SMILES string of the molecule is Cc1nc2c([N+](=O)[O-])cnn2c2c1CCN2C. The Bertz CT molecular complexity index is 633. The number of nitrogens with zero attached hydrogens (tertiary/aromatic N) is 5. The Morgan fingerprint density at radius 3 is 3.00 bits per heavy atom. The molecule has 0 unspecified atom stereocenters. The lowest BCUT2D eigenvalue weighted by Crippen LogP contribution is -2.16. The van der Waals surface area contributed by atoms with Gasteiger partial charge < -0.3 is 4.90 Å². The summed E-state index contributed by atoms with van der Waals surface area (Å²) >= 11 is 0. The normalized spacial score (nSPS) is 14.4. The minimum Gasteiger partial charge on any atom is -0.359 e. The number of aromatic nitrogens is 3. The summed E-state index contributed by atoms with van der Waals surface area (Å²) in [6.45, 7) is 2.78. The lowest BCUT2D eigenvalue weighted by molar-refractivity contribution is -0.383. The Hall–Kier alpha value is -2.18. The molecule has 2 aromatic rings. The number of rotatable bonds is 1. The molecule has 2 aromatic heterocycles. The van der Waals surface area contributed by atoms with Gasteiger partial charge in [0.05, 0.1) is 4.92 Å². The van der Waals surface area contributed by atoms with Gasteiger partial charge in [0.25, 0.3) is 0 Å². The number of anilines is 1. The third-order valence-electron chi connectivity index (χ3n) is 3.16. The van der Waals surface area contributed by atoms with Crippen LogP contribution in [0, 0.1) is 17.0 Å². The average molecular weight is 233 g/mol. The Labute approximate surface area is 96.8 Å². The summed E-state index contributed by atoms with van der Waals surface area (Å²) in [4.78, 5) is 16.8. The molecular weight excluding hydrogens is 222 g/mol. The second-order valence-corrected chi connectivity index (χ2v) is 4.19. The molecule has 3 rings (SSSR count). The van der Waals surface area contributed by atoms with E-state index in [1.165, 1.54) is 6.20 Å². The molecule has 0 fully saturated rings. The minimum absolute atomic E-state index is 0.0452. The van der Waals surface area contributed by atoms with Gasteiger partial charge in [-0.1, -0.05) is 0 Å². The predicted molar refractivity (Wildman–Crippen MR) is 61.4 cm³/mol. The van der Waals surface area contributed by atoms with Crippen molar-refractivity contribution >= 4 is 17.2 Å². The highest BCUT2D eigenvalue weighted by atomic mass is 16.6. The van der Waals surface area contributed by atoms with Gasteiger partial charge in [0.2, 0.25) is 5.65 Å². The molecule has 7 nitrogen and oxygen atoms in total. The zero-order valence-corrected chi connectivity index (χ0v) is 9.54. The van der Waals surface area contributed by atoms with E-state index >= 15 is 0 Å². The van der Waals surface area contributed by atoms with Crippen molar-refractivity contribution < 1.29 is 4.92 Å². The lowest BCUT2D eigenvalue weighted by atomic mass is 10.2. The molecule has 3 heterocycles. The van der Waals surface area contributed by atoms with Crippen molar-refractivity contribution in [3.05, 3.63) is 27.6 Å². The van der Waals surface area contributed by atoms with Crippen molar-refractivity contribution in [3.63, 3.8) is 0 Å². The van der Waals surface area contributed by atoms with Gasteiger partial charge in [-0.2, -0.15) is 9.61 Å². The van der Waals surface area contributed by atoms with Crippen molar-refractivity contribution in [1.82, 2.24) is 14.6 Å². The average Bonchev–Trinajstić information content (AvgIpc) is 2.82. The van der Waals surface area contributed by atoms with E-state index in [0.29, 0.717) is 5.65 Å². The first-order valence-corrected chi connectivity index (χ1v) is 5.32. The van der Waals surface area contributed by atoms with Gasteiger partial charge in [-0.15, -0.1) is 0 Å². The second-order valence-electron chi connectivity index (χ2n) is 4.19. The molecule has 0 bridgehead atoms. The van der Waals surface area contributed by atoms with Gasteiger partial charge in [-0.3, -0.25) is 10.1 Å². The van der Waals surface area contributed by atoms with E-state index in [0.717, 1.165) is 30.0 Å². The summed E-state index contributed by atoms with van der Waals surface area (Å²) in [7, 11) is 1.96. The van der Waals surface area contributed by atoms with Gasteiger partial charge in [0.1, 0.15) is 12.0 Å². The summed E-state index contributed by atoms with van der Waals surface area (Å²) in [6, 6.07) is 0. The number of hydrogen-bond acceptors (Lipinski definition) is 5. The van der Waals surface area contributed by atoms with Crippen LogP contribution < -0.4 is 4.90 Å². The summed E-state index contributed by atoms with van der Waals surface area (Å²) < 4.78 is 1.56. The van der Waals surface area contributed by atoms with Gasteiger partial charge in [-0.05, 0) is 13.3 Å². The Morgan fingerprint density at radius 2 is 2.29 bits per heavy atom. The first kappa shape index (κ1) is 10.0. The molecule has 7 heteroatoms. The summed E-state index contributed by atoms with van der Waals surface area (Å²) in [5.41, 5.74) is 2.25. The Morgan fingerprint density at radius 1 is 1.53 bits per heavy atom. The third-order valence-corrected chi connectivity index (χ3v) is 3.16. The zero-order chi connectivity index (χ0) is 12.2. The predicted octanol–water partition coefficient (Wildman–Crippen LogP) is 0.938. The maximum Gasteiger partial charge on any atom is 0.333 e. The van der Waals surface area contributed by atoms with Crippen molar-refractivity contribution in [2.45, 2.75) is 13.3 Å². The topological polar surface area (TPSA) is 76.6 Å². The van der Waals surface area contributed by atoms with Crippen LogP contribution in [0.5, 0.6) is 0 Å². The molecule has 1 aliphatic rings. The molecule has 1 aliphatic heterocycles. The van der Waals surface area contributed by atoms with Gasteiger partial charge in [0, 0.05) is 24.8 Å². The molecule has 0 saturated carbocycles. The van der Waals surface area contributed by atoms with Gasteiger partial charge in [0.15, 0.2) is 0 Å². The van der Waals surface area contributed by atoms with E-state index in [4.69, 9.17) is 0 Å². The highest BCUT2D eigenvalue weighted by molar-refractivity contribution is 5.66. The molecule has 0 aromatic carbocycles. The number of nitro groups is 1. The fraction of sp³-hybridized carbons (Fsp3) is 0.400. The molecule has 0 spiro atoms. The van der Waals surface area contributed by atoms with E-state index < -0.39 is 4.92 Å². The molecule has 0 aliphatic carbocycles. The summed E-state index contributed by atoms with van der Waals surface area (Å²) in [5, 5.41) is 14.9. The van der Waals surface area contributed by atoms with Crippen molar-refractivity contribution in [2.24, 2.45) is 0 Å². The fourth-order valence-corrected chi connectivity index (χ4v) is 2.31. The second kappa shape index (κ2) is 3.16. The van der Waals surface area contributed by atoms with Crippen LogP contribution in [0.2, 0.25) is 0 Å². The monoisotopic (exact) mass is 233 g/mol. The van der Waals surface area contributed by atoms with Gasteiger partial charge >= 0.3 is 5.69 Å². The molecule has 0 radical (unpaired) electrons. The summed E-state index contributed by atoms with van der Waals surface area (Å²) in [5.74, 6) is 0.917. The number of likely N-dealkylation sites (N-methyl/N-ethyl adjacent to an activating group) is 1. The molecule has 0 amide bonds. The Kier molecular flexibility index (Phi) is 1.86. The van der Waals surface area contributed by atoms with Crippen molar-refractivity contribution in [2.75, 3.05) is 18.5 Å². The van der Waals surface area contributed by atoms with E-state index in [2.05, 4.69) is 10.1 Å². The number of aryl methyl sites for hydroxylation is 1. The molecule has 17 heavy (non-hydrogen) atoms. The van der Waals surface area contributed by atoms with Crippen LogP contribution in [0.1, 0.15) is 11.3 Å². The zero-order valence-electron chi connectivity index (χ0n) is 9.54. The van der Waals surface area contributed by atoms with Crippen LogP contribution in [-0.4, -0.2) is 33.1 Å². The van der Waals surface area contributed by atoms with Crippen molar-refractivity contribution in [1.29, 1.82) is 0 Å². The summed E-state index contributed by atoms with van der Waals surface area (Å²) in [6.07, 6.45) is 2.17. The van der Waals surface area contributed by atoms with Crippen LogP contribution >= 0.6 is 0 Å². The van der Waals surface area contributed by atoms with E-state index in [-0.39, 0.29) is 5.69 Å². The van der Waals surface area contributed by atoms with Crippen LogP contribution in [0.3, 0.4) is 0 Å². The standard InChI is InChI=1S/C10H11N5O2/c1-6-7-3-4-13(2)10(7)14-9(12-6)8(5-11-14)15(16)17/h5H,3-4H2,1-2H3. The van der Waals surface area contributed by atoms with Crippen LogP contribution in [0.4, 0.5) is 11.5 Å². The van der Waals surface area contributed by atoms with Crippen LogP contribution in [-0.2, 0) is 6.42 Å². The first-order chi connectivity index (χ1) is 8.09. The molecule has 88 valence electrons. The highest BCUT2D eigenvalue weighted by Gasteiger charge is 2.27. The number of hydrogen-bond donors (Lipinski definition) is 0. The number of fused-ring (bicyclic) bond motifs is 3. The van der Waals surface area contributed by atoms with Gasteiger partial charge in [-0.25, -0.2) is 4.98 Å². The van der Waals surface area contributed by atoms with Crippen LogP contribution in [0.15, 0.2) is 6.20 Å². The molecule has 0 atom stereocenters. The van der Waals surface area contributed by atoms with E-state index in [1.54, 1.807) is 4.52 Å². The van der Waals surface area contributed by atoms with Crippen molar-refractivity contribution in [3.8, 4) is 0 Å². The third kappa shape index (κ3) is 1.22. The minimum atomic E-state index is -0.448. The fourth-order valence-electron chi connectivity index (χ4n) is 2.31. The maximum absolute atomic E-state index is 10.9. The van der Waals surface area contributed by atoms with Crippen LogP contribution in [0.25, 0.3) is 5.65 Å². The quantitative estimate of drug-likeness (QED) is 0.541.